The van der Waals surface area contributed by atoms with E-state index < -0.39 is 8.80 Å². The van der Waals surface area contributed by atoms with Crippen LogP contribution < -0.4 is 0 Å². The van der Waals surface area contributed by atoms with Gasteiger partial charge in [-0.25, -0.2) is 0 Å². The van der Waals surface area contributed by atoms with Gasteiger partial charge in [0.05, 0.1) is 12.2 Å². The molecule has 3 unspecified atom stereocenters. The Balaban J connectivity index is 2.24. The predicted molar refractivity (Wildman–Crippen MR) is 69.4 cm³/mol. The Morgan fingerprint density at radius 1 is 1.18 bits per heavy atom. The van der Waals surface area contributed by atoms with E-state index in [9.17, 15) is 0 Å². The molecule has 3 atom stereocenters. The van der Waals surface area contributed by atoms with Gasteiger partial charge in [0.15, 0.2) is 0 Å². The molecule has 0 N–H and O–H groups in total. The van der Waals surface area contributed by atoms with E-state index in [1.54, 1.807) is 21.3 Å². The Bertz CT molecular complexity index is 217. The second-order valence-corrected chi connectivity index (χ2v) is 8.00. The first-order chi connectivity index (χ1) is 8.10. The van der Waals surface area contributed by atoms with Crippen LogP contribution >= 0.6 is 11.6 Å². The molecule has 6 heteroatoms. The van der Waals surface area contributed by atoms with Gasteiger partial charge in [0.2, 0.25) is 0 Å². The maximum atomic E-state index is 6.29. The second-order valence-electron chi connectivity index (χ2n) is 4.29. The van der Waals surface area contributed by atoms with Crippen LogP contribution in [-0.2, 0) is 18.0 Å². The zero-order chi connectivity index (χ0) is 12.9. The van der Waals surface area contributed by atoms with E-state index in [2.05, 4.69) is 6.92 Å². The summed E-state index contributed by atoms with van der Waals surface area (Å²) in [5, 5.41) is 0.101. The van der Waals surface area contributed by atoms with Crippen molar-refractivity contribution in [2.24, 2.45) is 0 Å². The molecule has 0 amide bonds. The fourth-order valence-electron chi connectivity index (χ4n) is 2.01. The first-order valence-electron chi connectivity index (χ1n) is 6.05. The number of alkyl halides is 1. The van der Waals surface area contributed by atoms with Crippen LogP contribution in [0, 0.1) is 0 Å². The van der Waals surface area contributed by atoms with Gasteiger partial charge in [-0.15, -0.1) is 11.6 Å². The van der Waals surface area contributed by atoms with E-state index in [0.29, 0.717) is 12.2 Å². The summed E-state index contributed by atoms with van der Waals surface area (Å²) in [5.74, 6) is 0. The summed E-state index contributed by atoms with van der Waals surface area (Å²) < 4.78 is 21.5. The van der Waals surface area contributed by atoms with E-state index in [0.717, 1.165) is 25.3 Å². The van der Waals surface area contributed by atoms with Crippen LogP contribution in [0.15, 0.2) is 0 Å². The summed E-state index contributed by atoms with van der Waals surface area (Å²) in [4.78, 5) is 0. The molecule has 1 saturated heterocycles. The van der Waals surface area contributed by atoms with Crippen LogP contribution in [0.5, 0.6) is 0 Å². The van der Waals surface area contributed by atoms with Crippen molar-refractivity contribution in [3.05, 3.63) is 0 Å². The zero-order valence-electron chi connectivity index (χ0n) is 11.1. The highest BCUT2D eigenvalue weighted by atomic mass is 35.5. The maximum absolute atomic E-state index is 6.29. The predicted octanol–water partition coefficient (Wildman–Crippen LogP) is 2.43. The number of halogens is 1. The largest absolute Gasteiger partial charge is 0.500 e. The number of epoxide rings is 1. The van der Waals surface area contributed by atoms with Crippen molar-refractivity contribution in [1.29, 1.82) is 0 Å². The minimum Gasteiger partial charge on any atom is -0.377 e. The van der Waals surface area contributed by atoms with E-state index in [1.165, 1.54) is 0 Å². The van der Waals surface area contributed by atoms with E-state index in [-0.39, 0.29) is 5.38 Å². The molecule has 17 heavy (non-hydrogen) atoms. The molecule has 4 nitrogen and oxygen atoms in total. The number of hydrogen-bond acceptors (Lipinski definition) is 4. The van der Waals surface area contributed by atoms with E-state index in [4.69, 9.17) is 29.6 Å². The van der Waals surface area contributed by atoms with Crippen molar-refractivity contribution in [2.75, 3.05) is 21.3 Å². The lowest BCUT2D eigenvalue weighted by Gasteiger charge is -2.25. The molecule has 1 rings (SSSR count). The molecule has 1 fully saturated rings. The van der Waals surface area contributed by atoms with Gasteiger partial charge < -0.3 is 18.0 Å². The molecule has 102 valence electrons. The molecule has 0 bridgehead atoms. The van der Waals surface area contributed by atoms with Crippen LogP contribution in [-0.4, -0.2) is 47.7 Å². The highest BCUT2D eigenvalue weighted by Crippen LogP contribution is 2.32. The van der Waals surface area contributed by atoms with E-state index >= 15 is 0 Å². The molecular formula is C11H23ClO4Si. The minimum absolute atomic E-state index is 0.101. The topological polar surface area (TPSA) is 40.2 Å². The third kappa shape index (κ3) is 4.50. The normalized spacial score (nSPS) is 25.9. The molecule has 0 spiro atoms. The van der Waals surface area contributed by atoms with Crippen molar-refractivity contribution in [1.82, 2.24) is 0 Å². The van der Waals surface area contributed by atoms with Gasteiger partial charge in [0.1, 0.15) is 0 Å². The lowest BCUT2D eigenvalue weighted by molar-refractivity contribution is 0.122. The SMILES string of the molecule is CCC1OC1CC(Cl)CC[Si](OC)(OC)OC. The monoisotopic (exact) mass is 282 g/mol. The van der Waals surface area contributed by atoms with Crippen molar-refractivity contribution >= 4 is 20.4 Å². The van der Waals surface area contributed by atoms with Gasteiger partial charge >= 0.3 is 8.80 Å². The maximum Gasteiger partial charge on any atom is 0.500 e. The van der Waals surface area contributed by atoms with Crippen molar-refractivity contribution < 1.29 is 18.0 Å². The Hall–Kier alpha value is 0.347. The third-order valence-electron chi connectivity index (χ3n) is 3.27. The van der Waals surface area contributed by atoms with Crippen LogP contribution in [0.3, 0.4) is 0 Å². The molecule has 0 aromatic rings. The fourth-order valence-corrected chi connectivity index (χ4v) is 4.29. The summed E-state index contributed by atoms with van der Waals surface area (Å²) in [6, 6.07) is 0.744. The smallest absolute Gasteiger partial charge is 0.377 e. The lowest BCUT2D eigenvalue weighted by Crippen LogP contribution is -2.43. The standard InChI is InChI=1S/C11H23ClO4Si/c1-5-10-11(16-10)8-9(12)6-7-17(13-2,14-3)15-4/h9-11H,5-8H2,1-4H3. The van der Waals surface area contributed by atoms with Gasteiger partial charge in [-0.3, -0.25) is 0 Å². The molecule has 0 saturated carbocycles. The average molecular weight is 283 g/mol. The quantitative estimate of drug-likeness (QED) is 0.370. The Labute approximate surface area is 110 Å². The number of ether oxygens (including phenoxy) is 1. The van der Waals surface area contributed by atoms with Gasteiger partial charge in [-0.2, -0.15) is 0 Å². The Morgan fingerprint density at radius 2 is 1.76 bits per heavy atom. The summed E-state index contributed by atoms with van der Waals surface area (Å²) in [6.45, 7) is 2.13. The summed E-state index contributed by atoms with van der Waals surface area (Å²) in [5.41, 5.74) is 0. The fraction of sp³-hybridized carbons (Fsp3) is 1.00. The molecule has 1 aliphatic rings. The highest BCUT2D eigenvalue weighted by molar-refractivity contribution is 6.60. The molecule has 1 heterocycles. The van der Waals surface area contributed by atoms with Gasteiger partial charge in [0.25, 0.3) is 0 Å². The van der Waals surface area contributed by atoms with Crippen LogP contribution in [0.4, 0.5) is 0 Å². The second kappa shape index (κ2) is 7.06. The van der Waals surface area contributed by atoms with Gasteiger partial charge in [0, 0.05) is 32.8 Å². The average Bonchev–Trinajstić information content (AvgIpc) is 3.10. The molecule has 0 aliphatic carbocycles. The van der Waals surface area contributed by atoms with Crippen LogP contribution in [0.1, 0.15) is 26.2 Å². The summed E-state index contributed by atoms with van der Waals surface area (Å²) in [6.07, 6.45) is 3.58. The van der Waals surface area contributed by atoms with Crippen LogP contribution in [0.2, 0.25) is 6.04 Å². The van der Waals surface area contributed by atoms with Gasteiger partial charge in [-0.05, 0) is 19.3 Å². The van der Waals surface area contributed by atoms with Crippen molar-refractivity contribution in [3.63, 3.8) is 0 Å². The molecular weight excluding hydrogens is 260 g/mol. The highest BCUT2D eigenvalue weighted by Gasteiger charge is 2.41. The first-order valence-corrected chi connectivity index (χ1v) is 8.42. The molecule has 0 aromatic heterocycles. The number of rotatable bonds is 9. The summed E-state index contributed by atoms with van der Waals surface area (Å²) >= 11 is 6.29. The molecule has 0 radical (unpaired) electrons. The van der Waals surface area contributed by atoms with Gasteiger partial charge in [-0.1, -0.05) is 6.92 Å². The first kappa shape index (κ1) is 15.4. The Morgan fingerprint density at radius 3 is 2.18 bits per heavy atom. The molecule has 0 aromatic carbocycles. The lowest BCUT2D eigenvalue weighted by atomic mass is 10.1. The zero-order valence-corrected chi connectivity index (χ0v) is 12.8. The number of hydrogen-bond donors (Lipinski definition) is 0. The van der Waals surface area contributed by atoms with Crippen molar-refractivity contribution in [3.8, 4) is 0 Å². The summed E-state index contributed by atoms with van der Waals surface area (Å²) in [7, 11) is 2.41. The Kier molecular flexibility index (Phi) is 6.40. The third-order valence-corrected chi connectivity index (χ3v) is 6.44. The van der Waals surface area contributed by atoms with Crippen LogP contribution in [0.25, 0.3) is 0 Å². The molecule has 1 aliphatic heterocycles. The van der Waals surface area contributed by atoms with Crippen molar-refractivity contribution in [2.45, 2.75) is 49.8 Å². The van der Waals surface area contributed by atoms with E-state index in [1.807, 2.05) is 0 Å². The minimum atomic E-state index is -2.46.